The van der Waals surface area contributed by atoms with E-state index < -0.39 is 59.9 Å². The van der Waals surface area contributed by atoms with Crippen molar-refractivity contribution in [1.29, 1.82) is 0 Å². The Morgan fingerprint density at radius 2 is 0.818 bits per heavy atom. The number of halogens is 19. The van der Waals surface area contributed by atoms with E-state index in [1.807, 2.05) is 0 Å². The van der Waals surface area contributed by atoms with Crippen LogP contribution in [0, 0.1) is 0 Å². The molecule has 0 saturated carbocycles. The molecule has 3 nitrogen and oxygen atoms in total. The summed E-state index contributed by atoms with van der Waals surface area (Å²) < 4.78 is 249. The van der Waals surface area contributed by atoms with E-state index in [9.17, 15) is 83.4 Å². The van der Waals surface area contributed by atoms with Gasteiger partial charge in [-0.25, -0.2) is 0 Å². The molecule has 1 saturated heterocycles. The monoisotopic (exact) mass is 569 g/mol. The van der Waals surface area contributed by atoms with E-state index in [0.717, 1.165) is 0 Å². The van der Waals surface area contributed by atoms with Crippen molar-refractivity contribution in [3.05, 3.63) is 0 Å². The number of hydrogen-bond acceptors (Lipinski definition) is 3. The van der Waals surface area contributed by atoms with Gasteiger partial charge < -0.3 is 5.11 Å². The molecule has 193 valence electrons. The predicted octanol–water partition coefficient (Wildman–Crippen LogP) is 4.86. The zero-order chi connectivity index (χ0) is 26.4. The molecule has 0 aliphatic carbocycles. The maximum Gasteiger partial charge on any atom is 0.460 e. The fraction of sp³-hybridized carbons (Fsp3) is 1.00. The molecule has 0 spiro atoms. The van der Waals surface area contributed by atoms with Crippen molar-refractivity contribution < 1.29 is 98.0 Å². The molecule has 1 aliphatic heterocycles. The van der Waals surface area contributed by atoms with Crippen LogP contribution in [0.25, 0.3) is 0 Å². The first-order valence-corrected chi connectivity index (χ1v) is 6.63. The fourth-order valence-corrected chi connectivity index (χ4v) is 1.98. The molecule has 0 amide bonds. The van der Waals surface area contributed by atoms with Crippen LogP contribution in [0.4, 0.5) is 83.4 Å². The molecule has 1 heterocycles. The largest absolute Gasteiger partial charge is 0.460 e. The Bertz CT molecular complexity index is 738. The standard InChI is InChI=1S/C10HF19O3.K/c11-1(12,3(15,16)7(20,21)22)5(19)10(28,29)32-6(31-5,9(26,27)30)2(13,14)4(17,18)8(23,24)25;/h30H;. The van der Waals surface area contributed by atoms with E-state index in [4.69, 9.17) is 5.11 Å². The smallest absolute Gasteiger partial charge is 0.332 e. The minimum absolute atomic E-state index is 0. The molecule has 1 radical (unpaired) electrons. The zero-order valence-corrected chi connectivity index (χ0v) is 17.6. The van der Waals surface area contributed by atoms with Crippen LogP contribution in [-0.2, 0) is 9.47 Å². The molecule has 1 aliphatic rings. The van der Waals surface area contributed by atoms with Gasteiger partial charge in [0.05, 0.1) is 0 Å². The molecule has 33 heavy (non-hydrogen) atoms. The van der Waals surface area contributed by atoms with Crippen molar-refractivity contribution in [3.63, 3.8) is 0 Å². The van der Waals surface area contributed by atoms with Gasteiger partial charge >= 0.3 is 59.9 Å². The molecule has 0 aromatic heterocycles. The predicted molar refractivity (Wildman–Crippen MR) is 58.5 cm³/mol. The maximum absolute atomic E-state index is 14.0. The molecule has 1 N–H and O–H groups in total. The minimum atomic E-state index is -8.35. The van der Waals surface area contributed by atoms with Crippen molar-refractivity contribution in [2.24, 2.45) is 0 Å². The molecular weight excluding hydrogens is 568 g/mol. The van der Waals surface area contributed by atoms with E-state index in [-0.39, 0.29) is 51.4 Å². The van der Waals surface area contributed by atoms with Crippen LogP contribution in [0.3, 0.4) is 0 Å². The summed E-state index contributed by atoms with van der Waals surface area (Å²) in [6.07, 6.45) is -30.9. The van der Waals surface area contributed by atoms with Gasteiger partial charge in [-0.3, -0.25) is 9.47 Å². The molecule has 2 unspecified atom stereocenters. The van der Waals surface area contributed by atoms with Crippen LogP contribution in [-0.4, -0.2) is 116 Å². The van der Waals surface area contributed by atoms with Crippen molar-refractivity contribution in [2.45, 2.75) is 59.9 Å². The van der Waals surface area contributed by atoms with Crippen molar-refractivity contribution in [1.82, 2.24) is 0 Å². The Kier molecular flexibility index (Phi) is 8.14. The van der Waals surface area contributed by atoms with Crippen LogP contribution in [0.15, 0.2) is 0 Å². The van der Waals surface area contributed by atoms with Gasteiger partial charge in [0, 0.05) is 51.4 Å². The van der Waals surface area contributed by atoms with Gasteiger partial charge in [-0.2, -0.15) is 83.4 Å². The Morgan fingerprint density at radius 1 is 0.515 bits per heavy atom. The summed E-state index contributed by atoms with van der Waals surface area (Å²) in [5.74, 6) is -48.6. The van der Waals surface area contributed by atoms with E-state index >= 15 is 0 Å². The van der Waals surface area contributed by atoms with Crippen LogP contribution >= 0.6 is 0 Å². The molecule has 1 rings (SSSR count). The first-order chi connectivity index (χ1) is 13.4. The second-order valence-corrected chi connectivity index (χ2v) is 5.77. The van der Waals surface area contributed by atoms with Gasteiger partial charge in [-0.1, -0.05) is 0 Å². The second kappa shape index (κ2) is 8.09. The number of rotatable bonds is 5. The van der Waals surface area contributed by atoms with E-state index in [1.54, 1.807) is 9.47 Å². The number of alkyl halides is 19. The van der Waals surface area contributed by atoms with Gasteiger partial charge in [0.2, 0.25) is 0 Å². The van der Waals surface area contributed by atoms with Crippen LogP contribution in [0.1, 0.15) is 0 Å². The zero-order valence-electron chi connectivity index (χ0n) is 14.4. The third-order valence-corrected chi connectivity index (χ3v) is 3.64. The number of hydrogen-bond donors (Lipinski definition) is 1. The molecular formula is C10HF19KO3. The van der Waals surface area contributed by atoms with Gasteiger partial charge in [-0.05, 0) is 0 Å². The first kappa shape index (κ1) is 33.2. The average Bonchev–Trinajstić information content (AvgIpc) is 2.73. The molecule has 0 aromatic carbocycles. The van der Waals surface area contributed by atoms with E-state index in [2.05, 4.69) is 0 Å². The van der Waals surface area contributed by atoms with Crippen LogP contribution in [0.5, 0.6) is 0 Å². The van der Waals surface area contributed by atoms with Crippen molar-refractivity contribution >= 4 is 51.4 Å². The third-order valence-electron chi connectivity index (χ3n) is 3.64. The summed E-state index contributed by atoms with van der Waals surface area (Å²) in [5.41, 5.74) is 0. The van der Waals surface area contributed by atoms with Gasteiger partial charge in [0.15, 0.2) is 0 Å². The van der Waals surface area contributed by atoms with Gasteiger partial charge in [0.25, 0.3) is 0 Å². The number of aliphatic hydroxyl groups is 1. The summed E-state index contributed by atoms with van der Waals surface area (Å²) in [4.78, 5) is 0. The van der Waals surface area contributed by atoms with Gasteiger partial charge in [-0.15, -0.1) is 0 Å². The summed E-state index contributed by atoms with van der Waals surface area (Å²) >= 11 is 0. The summed E-state index contributed by atoms with van der Waals surface area (Å²) in [5, 5.41) is 8.11. The normalized spacial score (nSPS) is 28.0. The quantitative estimate of drug-likeness (QED) is 0.380. The van der Waals surface area contributed by atoms with Gasteiger partial charge in [0.1, 0.15) is 0 Å². The molecule has 0 aromatic rings. The Balaban J connectivity index is 0.0000102. The fourth-order valence-electron chi connectivity index (χ4n) is 1.98. The van der Waals surface area contributed by atoms with E-state index in [1.165, 1.54) is 0 Å². The Morgan fingerprint density at radius 3 is 1.09 bits per heavy atom. The summed E-state index contributed by atoms with van der Waals surface area (Å²) in [7, 11) is 0. The Labute approximate surface area is 208 Å². The number of ether oxygens (including phenoxy) is 2. The van der Waals surface area contributed by atoms with Crippen molar-refractivity contribution in [2.75, 3.05) is 0 Å². The Hall–Kier alpha value is 0.186. The third kappa shape index (κ3) is 4.14. The summed E-state index contributed by atoms with van der Waals surface area (Å²) in [6.45, 7) is 0. The van der Waals surface area contributed by atoms with Crippen LogP contribution < -0.4 is 0 Å². The van der Waals surface area contributed by atoms with Crippen LogP contribution in [0.2, 0.25) is 0 Å². The molecule has 2 atom stereocenters. The van der Waals surface area contributed by atoms with Crippen molar-refractivity contribution in [3.8, 4) is 0 Å². The van der Waals surface area contributed by atoms with E-state index in [0.29, 0.717) is 0 Å². The summed E-state index contributed by atoms with van der Waals surface area (Å²) in [6, 6.07) is 0. The molecule has 0 bridgehead atoms. The SMILES string of the molecule is OC(F)(F)C1(C(F)(F)C(F)(F)C(F)(F)F)OC(F)(F)C(F)(C(F)(F)C(F)(F)C(F)(F)F)O1.[K]. The molecule has 1 fully saturated rings. The maximum atomic E-state index is 14.0. The first-order valence-electron chi connectivity index (χ1n) is 6.63. The minimum Gasteiger partial charge on any atom is -0.332 e. The second-order valence-electron chi connectivity index (χ2n) is 5.77. The topological polar surface area (TPSA) is 38.7 Å². The molecule has 23 heteroatoms. The average molecular weight is 569 g/mol.